The van der Waals surface area contributed by atoms with Crippen molar-refractivity contribution in [2.45, 2.75) is 13.5 Å². The highest BCUT2D eigenvalue weighted by molar-refractivity contribution is 5.75. The number of benzene rings is 1. The van der Waals surface area contributed by atoms with E-state index in [0.717, 1.165) is 0 Å². The summed E-state index contributed by atoms with van der Waals surface area (Å²) in [5.74, 6) is 1.37. The quantitative estimate of drug-likeness (QED) is 0.875. The highest BCUT2D eigenvalue weighted by Crippen LogP contribution is 2.22. The van der Waals surface area contributed by atoms with Crippen molar-refractivity contribution < 1.29 is 14.6 Å². The van der Waals surface area contributed by atoms with Crippen LogP contribution in [-0.4, -0.2) is 20.7 Å². The summed E-state index contributed by atoms with van der Waals surface area (Å²) in [6.07, 6.45) is 3.18. The molecule has 2 rings (SSSR count). The lowest BCUT2D eigenvalue weighted by Crippen LogP contribution is -2.05. The number of hydrogen-bond donors (Lipinski definition) is 1. The molecule has 2 aromatic rings. The molecule has 1 aromatic carbocycles. The number of phenols is 1. The van der Waals surface area contributed by atoms with Crippen molar-refractivity contribution in [2.24, 2.45) is 0 Å². The third kappa shape index (κ3) is 3.07. The van der Waals surface area contributed by atoms with Crippen LogP contribution in [0, 0.1) is 0 Å². The molecule has 88 valence electrons. The zero-order valence-electron chi connectivity index (χ0n) is 9.33. The molecule has 0 aliphatic rings. The Bertz CT molecular complexity index is 517. The molecule has 17 heavy (non-hydrogen) atoms. The van der Waals surface area contributed by atoms with Crippen LogP contribution in [0.5, 0.6) is 17.2 Å². The zero-order chi connectivity index (χ0) is 12.3. The fourth-order valence-corrected chi connectivity index (χ4v) is 1.36. The molecule has 0 saturated heterocycles. The van der Waals surface area contributed by atoms with Gasteiger partial charge in [0.25, 0.3) is 0 Å². The van der Waals surface area contributed by atoms with Crippen molar-refractivity contribution in [3.8, 4) is 17.2 Å². The molecule has 0 amide bonds. The van der Waals surface area contributed by atoms with Crippen molar-refractivity contribution in [1.82, 2.24) is 9.78 Å². The van der Waals surface area contributed by atoms with Crippen LogP contribution in [0.4, 0.5) is 0 Å². The van der Waals surface area contributed by atoms with E-state index in [1.807, 2.05) is 0 Å². The topological polar surface area (TPSA) is 64.3 Å². The number of Topliss-reactive ketones (excluding diaryl/α,β-unsaturated/α-hetero) is 1. The number of nitrogens with zero attached hydrogens (tertiary/aromatic N) is 2. The molecule has 0 bridgehead atoms. The molecule has 0 aliphatic carbocycles. The molecule has 1 N–H and O–H groups in total. The molecule has 0 unspecified atom stereocenters. The van der Waals surface area contributed by atoms with Gasteiger partial charge in [-0.05, 0) is 31.2 Å². The average molecular weight is 232 g/mol. The lowest BCUT2D eigenvalue weighted by molar-refractivity contribution is -0.117. The van der Waals surface area contributed by atoms with Crippen LogP contribution in [0.1, 0.15) is 6.92 Å². The maximum atomic E-state index is 10.9. The third-order valence-corrected chi connectivity index (χ3v) is 2.07. The first-order valence-electron chi connectivity index (χ1n) is 5.12. The molecule has 5 nitrogen and oxygen atoms in total. The standard InChI is InChI=1S/C12H12N2O3/c1-9(15)7-14-8-12(6-13-14)17-11-4-2-10(16)3-5-11/h2-6,8,16H,7H2,1H3. The van der Waals surface area contributed by atoms with Gasteiger partial charge in [-0.1, -0.05) is 0 Å². The number of aromatic nitrogens is 2. The second-order valence-electron chi connectivity index (χ2n) is 3.67. The maximum Gasteiger partial charge on any atom is 0.165 e. The van der Waals surface area contributed by atoms with E-state index in [1.165, 1.54) is 29.9 Å². The van der Waals surface area contributed by atoms with Crippen LogP contribution < -0.4 is 4.74 Å². The van der Waals surface area contributed by atoms with E-state index in [-0.39, 0.29) is 18.1 Å². The molecule has 0 atom stereocenters. The van der Waals surface area contributed by atoms with Gasteiger partial charge in [-0.15, -0.1) is 0 Å². The second-order valence-corrected chi connectivity index (χ2v) is 3.67. The van der Waals surface area contributed by atoms with Crippen molar-refractivity contribution in [3.05, 3.63) is 36.7 Å². The van der Waals surface area contributed by atoms with Crippen molar-refractivity contribution >= 4 is 5.78 Å². The Morgan fingerprint density at radius 3 is 2.71 bits per heavy atom. The van der Waals surface area contributed by atoms with Crippen molar-refractivity contribution in [3.63, 3.8) is 0 Å². The molecule has 0 fully saturated rings. The van der Waals surface area contributed by atoms with Crippen molar-refractivity contribution in [2.75, 3.05) is 0 Å². The first-order chi connectivity index (χ1) is 8.13. The summed E-state index contributed by atoms with van der Waals surface area (Å²) in [7, 11) is 0. The van der Waals surface area contributed by atoms with E-state index < -0.39 is 0 Å². The highest BCUT2D eigenvalue weighted by Gasteiger charge is 2.03. The lowest BCUT2D eigenvalue weighted by Gasteiger charge is -2.01. The number of rotatable bonds is 4. The Morgan fingerprint density at radius 2 is 2.06 bits per heavy atom. The normalized spacial score (nSPS) is 10.2. The van der Waals surface area contributed by atoms with Gasteiger partial charge in [0, 0.05) is 0 Å². The van der Waals surface area contributed by atoms with Crippen LogP contribution >= 0.6 is 0 Å². The fourth-order valence-electron chi connectivity index (χ4n) is 1.36. The number of phenolic OH excluding ortho intramolecular Hbond substituents is 1. The van der Waals surface area contributed by atoms with E-state index in [0.29, 0.717) is 11.5 Å². The molecular formula is C12H12N2O3. The third-order valence-electron chi connectivity index (χ3n) is 2.07. The number of hydrogen-bond acceptors (Lipinski definition) is 4. The van der Waals surface area contributed by atoms with Crippen LogP contribution in [0.25, 0.3) is 0 Å². The minimum atomic E-state index is 0.0317. The molecule has 1 heterocycles. The molecule has 0 radical (unpaired) electrons. The van der Waals surface area contributed by atoms with Gasteiger partial charge in [-0.3, -0.25) is 9.48 Å². The first kappa shape index (κ1) is 11.2. The summed E-state index contributed by atoms with van der Waals surface area (Å²) in [4.78, 5) is 10.9. The number of ketones is 1. The van der Waals surface area contributed by atoms with E-state index >= 15 is 0 Å². The summed E-state index contributed by atoms with van der Waals surface area (Å²) in [6.45, 7) is 1.74. The van der Waals surface area contributed by atoms with Gasteiger partial charge in [0.1, 0.15) is 11.5 Å². The molecule has 0 aliphatic heterocycles. The van der Waals surface area contributed by atoms with E-state index in [2.05, 4.69) is 5.10 Å². The SMILES string of the molecule is CC(=O)Cn1cc(Oc2ccc(O)cc2)cn1. The molecule has 1 aromatic heterocycles. The summed E-state index contributed by atoms with van der Waals surface area (Å²) >= 11 is 0. The Kier molecular flexibility index (Phi) is 3.09. The van der Waals surface area contributed by atoms with Crippen molar-refractivity contribution in [1.29, 1.82) is 0 Å². The van der Waals surface area contributed by atoms with Gasteiger partial charge in [-0.25, -0.2) is 0 Å². The zero-order valence-corrected chi connectivity index (χ0v) is 9.33. The Morgan fingerprint density at radius 1 is 1.35 bits per heavy atom. The lowest BCUT2D eigenvalue weighted by atomic mass is 10.3. The van der Waals surface area contributed by atoms with E-state index in [9.17, 15) is 4.79 Å². The fraction of sp³-hybridized carbons (Fsp3) is 0.167. The average Bonchev–Trinajstić information content (AvgIpc) is 2.68. The van der Waals surface area contributed by atoms with Crippen LogP contribution in [-0.2, 0) is 11.3 Å². The Balaban J connectivity index is 2.06. The molecule has 0 saturated carbocycles. The number of carbonyl (C=O) groups excluding carboxylic acids is 1. The number of ether oxygens (including phenoxy) is 1. The summed E-state index contributed by atoms with van der Waals surface area (Å²) in [5, 5.41) is 13.1. The number of carbonyl (C=O) groups is 1. The Hall–Kier alpha value is -2.30. The molecular weight excluding hydrogens is 220 g/mol. The maximum absolute atomic E-state index is 10.9. The molecule has 0 spiro atoms. The van der Waals surface area contributed by atoms with Gasteiger partial charge < -0.3 is 9.84 Å². The van der Waals surface area contributed by atoms with Crippen LogP contribution in [0.2, 0.25) is 0 Å². The Labute approximate surface area is 98.3 Å². The monoisotopic (exact) mass is 232 g/mol. The predicted molar refractivity (Wildman–Crippen MR) is 61.1 cm³/mol. The summed E-state index contributed by atoms with van der Waals surface area (Å²) in [5.41, 5.74) is 0. The molecule has 5 heteroatoms. The highest BCUT2D eigenvalue weighted by atomic mass is 16.5. The van der Waals surface area contributed by atoms with E-state index in [4.69, 9.17) is 9.84 Å². The van der Waals surface area contributed by atoms with Gasteiger partial charge >= 0.3 is 0 Å². The van der Waals surface area contributed by atoms with Gasteiger partial charge in [0.05, 0.1) is 18.9 Å². The smallest absolute Gasteiger partial charge is 0.165 e. The number of aromatic hydroxyl groups is 1. The second kappa shape index (κ2) is 4.69. The van der Waals surface area contributed by atoms with Gasteiger partial charge in [-0.2, -0.15) is 5.10 Å². The first-order valence-corrected chi connectivity index (χ1v) is 5.12. The minimum absolute atomic E-state index is 0.0317. The summed E-state index contributed by atoms with van der Waals surface area (Å²) < 4.78 is 7.00. The van der Waals surface area contributed by atoms with E-state index in [1.54, 1.807) is 18.3 Å². The minimum Gasteiger partial charge on any atom is -0.508 e. The predicted octanol–water partition coefficient (Wildman–Crippen LogP) is 1.97. The van der Waals surface area contributed by atoms with Crippen LogP contribution in [0.3, 0.4) is 0 Å². The van der Waals surface area contributed by atoms with Gasteiger partial charge in [0.2, 0.25) is 0 Å². The summed E-state index contributed by atoms with van der Waals surface area (Å²) in [6, 6.07) is 6.37. The van der Waals surface area contributed by atoms with Gasteiger partial charge in [0.15, 0.2) is 11.5 Å². The van der Waals surface area contributed by atoms with Crippen LogP contribution in [0.15, 0.2) is 36.7 Å². The largest absolute Gasteiger partial charge is 0.508 e.